The fourth-order valence-corrected chi connectivity index (χ4v) is 0.919. The number of hydrogen-bond donors (Lipinski definition) is 3. The van der Waals surface area contributed by atoms with E-state index in [1.807, 2.05) is 6.92 Å². The van der Waals surface area contributed by atoms with Crippen LogP contribution in [0.15, 0.2) is 0 Å². The van der Waals surface area contributed by atoms with Crippen molar-refractivity contribution in [3.63, 3.8) is 0 Å². The minimum atomic E-state index is -1.16. The third-order valence-electron chi connectivity index (χ3n) is 1.90. The number of aliphatic hydroxyl groups excluding tert-OH is 1. The lowest BCUT2D eigenvalue weighted by molar-refractivity contribution is -0.146. The van der Waals surface area contributed by atoms with E-state index in [9.17, 15) is 14.7 Å². The van der Waals surface area contributed by atoms with Gasteiger partial charge in [-0.2, -0.15) is 0 Å². The molecule has 3 N–H and O–H groups in total. The second-order valence-electron chi connectivity index (χ2n) is 3.25. The molecule has 0 aromatic rings. The molecule has 82 valence electrons. The molecular weight excluding hydrogens is 186 g/mol. The summed E-state index contributed by atoms with van der Waals surface area (Å²) < 4.78 is 0. The van der Waals surface area contributed by atoms with Crippen molar-refractivity contribution in [1.82, 2.24) is 5.32 Å². The monoisotopic (exact) mass is 203 g/mol. The molecule has 5 nitrogen and oxygen atoms in total. The lowest BCUT2D eigenvalue weighted by Crippen LogP contribution is -2.38. The fraction of sp³-hybridized carbons (Fsp3) is 0.778. The van der Waals surface area contributed by atoms with Gasteiger partial charge in [0.15, 0.2) is 0 Å². The van der Waals surface area contributed by atoms with Crippen LogP contribution >= 0.6 is 0 Å². The smallest absolute Gasteiger partial charge is 0.315 e. The second kappa shape index (κ2) is 6.37. The van der Waals surface area contributed by atoms with Crippen molar-refractivity contribution < 1.29 is 19.8 Å². The Bertz CT molecular complexity index is 205. The summed E-state index contributed by atoms with van der Waals surface area (Å²) in [6.07, 6.45) is 0.831. The van der Waals surface area contributed by atoms with Gasteiger partial charge in [0.05, 0.1) is 6.10 Å². The summed E-state index contributed by atoms with van der Waals surface area (Å²) >= 11 is 0. The van der Waals surface area contributed by atoms with Crippen molar-refractivity contribution in [3.8, 4) is 0 Å². The predicted octanol–water partition coefficient (Wildman–Crippen LogP) is -0.0157. The van der Waals surface area contributed by atoms with E-state index in [1.54, 1.807) is 0 Å². The Morgan fingerprint density at radius 1 is 1.43 bits per heavy atom. The van der Waals surface area contributed by atoms with Gasteiger partial charge in [-0.3, -0.25) is 9.59 Å². The fourth-order valence-electron chi connectivity index (χ4n) is 0.919. The zero-order chi connectivity index (χ0) is 11.1. The third-order valence-corrected chi connectivity index (χ3v) is 1.90. The topological polar surface area (TPSA) is 86.6 Å². The minimum Gasteiger partial charge on any atom is -0.481 e. The molecule has 0 aromatic carbocycles. The van der Waals surface area contributed by atoms with E-state index in [0.717, 1.165) is 6.42 Å². The zero-order valence-corrected chi connectivity index (χ0v) is 8.49. The van der Waals surface area contributed by atoms with E-state index in [1.165, 1.54) is 6.92 Å². The van der Waals surface area contributed by atoms with Gasteiger partial charge in [0.25, 0.3) is 0 Å². The first-order valence-electron chi connectivity index (χ1n) is 4.67. The number of nitrogens with one attached hydrogen (secondary N) is 1. The van der Waals surface area contributed by atoms with Gasteiger partial charge in [-0.25, -0.2) is 0 Å². The molecule has 0 fully saturated rings. The number of rotatable bonds is 6. The van der Waals surface area contributed by atoms with Gasteiger partial charge in [0.2, 0.25) is 5.91 Å². The largest absolute Gasteiger partial charge is 0.481 e. The number of carbonyl (C=O) groups excluding carboxylic acids is 1. The Balaban J connectivity index is 3.79. The molecule has 0 rings (SSSR count). The van der Waals surface area contributed by atoms with Gasteiger partial charge in [-0.1, -0.05) is 13.3 Å². The van der Waals surface area contributed by atoms with Crippen molar-refractivity contribution in [2.24, 2.45) is 5.92 Å². The summed E-state index contributed by atoms with van der Waals surface area (Å²) in [7, 11) is 0. The normalized spacial score (nSPS) is 14.5. The lowest BCUT2D eigenvalue weighted by Gasteiger charge is -2.12. The van der Waals surface area contributed by atoms with Gasteiger partial charge in [-0.15, -0.1) is 0 Å². The maximum atomic E-state index is 11.1. The molecule has 0 saturated heterocycles. The van der Waals surface area contributed by atoms with Crippen LogP contribution < -0.4 is 5.32 Å². The molecule has 2 atom stereocenters. The molecule has 2 unspecified atom stereocenters. The number of amides is 1. The summed E-state index contributed by atoms with van der Waals surface area (Å²) in [6, 6.07) is 0. The first-order valence-corrected chi connectivity index (χ1v) is 4.67. The first kappa shape index (κ1) is 12.9. The number of carboxylic acids is 1. The number of carbonyl (C=O) groups is 2. The molecule has 0 aliphatic heterocycles. The summed E-state index contributed by atoms with van der Waals surface area (Å²) in [5.74, 6) is -2.79. The highest BCUT2D eigenvalue weighted by Gasteiger charge is 2.20. The standard InChI is InChI=1S/C9H17NO4/c1-3-4-7(11)5-10-8(12)6(2)9(13)14/h6-7,11H,3-5H2,1-2H3,(H,10,12)(H,13,14). The van der Waals surface area contributed by atoms with E-state index in [0.29, 0.717) is 6.42 Å². The molecule has 0 aliphatic carbocycles. The first-order chi connectivity index (χ1) is 6.49. The van der Waals surface area contributed by atoms with Gasteiger partial charge in [0, 0.05) is 6.54 Å². The van der Waals surface area contributed by atoms with Crippen LogP contribution in [-0.2, 0) is 9.59 Å². The maximum absolute atomic E-state index is 11.1. The SMILES string of the molecule is CCCC(O)CNC(=O)C(C)C(=O)O. The predicted molar refractivity (Wildman–Crippen MR) is 50.7 cm³/mol. The van der Waals surface area contributed by atoms with Crippen LogP contribution in [0.25, 0.3) is 0 Å². The van der Waals surface area contributed by atoms with Crippen molar-refractivity contribution in [1.29, 1.82) is 0 Å². The Kier molecular flexibility index (Phi) is 5.87. The summed E-state index contributed by atoms with van der Waals surface area (Å²) in [6.45, 7) is 3.35. The molecule has 0 radical (unpaired) electrons. The van der Waals surface area contributed by atoms with Gasteiger partial charge < -0.3 is 15.5 Å². The van der Waals surface area contributed by atoms with Crippen molar-refractivity contribution in [2.45, 2.75) is 32.8 Å². The molecule has 14 heavy (non-hydrogen) atoms. The van der Waals surface area contributed by atoms with Crippen LogP contribution in [0, 0.1) is 5.92 Å². The van der Waals surface area contributed by atoms with Crippen molar-refractivity contribution >= 4 is 11.9 Å². The van der Waals surface area contributed by atoms with Gasteiger partial charge in [0.1, 0.15) is 5.92 Å². The number of hydrogen-bond acceptors (Lipinski definition) is 3. The molecule has 1 amide bonds. The van der Waals surface area contributed by atoms with Crippen LogP contribution in [0.3, 0.4) is 0 Å². The van der Waals surface area contributed by atoms with E-state index < -0.39 is 23.9 Å². The summed E-state index contributed by atoms with van der Waals surface area (Å²) in [4.78, 5) is 21.5. The van der Waals surface area contributed by atoms with E-state index in [2.05, 4.69) is 5.32 Å². The molecule has 0 spiro atoms. The maximum Gasteiger partial charge on any atom is 0.315 e. The molecule has 0 heterocycles. The average molecular weight is 203 g/mol. The zero-order valence-electron chi connectivity index (χ0n) is 8.49. The van der Waals surface area contributed by atoms with Crippen LogP contribution in [-0.4, -0.2) is 34.7 Å². The quantitative estimate of drug-likeness (QED) is 0.530. The molecule has 0 saturated carbocycles. The number of carboxylic acid groups (broad SMARTS) is 1. The lowest BCUT2D eigenvalue weighted by atomic mass is 10.1. The third kappa shape index (κ3) is 4.81. The molecule has 5 heteroatoms. The Labute approximate surface area is 83.1 Å². The van der Waals surface area contributed by atoms with Crippen LogP contribution in [0.2, 0.25) is 0 Å². The highest BCUT2D eigenvalue weighted by molar-refractivity contribution is 5.96. The number of aliphatic hydroxyl groups is 1. The molecular formula is C9H17NO4. The minimum absolute atomic E-state index is 0.115. The van der Waals surface area contributed by atoms with Gasteiger partial charge in [-0.05, 0) is 13.3 Å². The summed E-state index contributed by atoms with van der Waals surface area (Å²) in [5.41, 5.74) is 0. The highest BCUT2D eigenvalue weighted by Crippen LogP contribution is 1.97. The molecule has 0 aromatic heterocycles. The number of aliphatic carboxylic acids is 1. The van der Waals surface area contributed by atoms with Crippen LogP contribution in [0.4, 0.5) is 0 Å². The van der Waals surface area contributed by atoms with E-state index in [4.69, 9.17) is 5.11 Å². The second-order valence-corrected chi connectivity index (χ2v) is 3.25. The van der Waals surface area contributed by atoms with Crippen LogP contribution in [0.5, 0.6) is 0 Å². The van der Waals surface area contributed by atoms with Crippen molar-refractivity contribution in [3.05, 3.63) is 0 Å². The Hall–Kier alpha value is -1.10. The highest BCUT2D eigenvalue weighted by atomic mass is 16.4. The molecule has 0 aliphatic rings. The van der Waals surface area contributed by atoms with E-state index in [-0.39, 0.29) is 6.54 Å². The Morgan fingerprint density at radius 2 is 2.00 bits per heavy atom. The molecule has 0 bridgehead atoms. The van der Waals surface area contributed by atoms with E-state index >= 15 is 0 Å². The average Bonchev–Trinajstić information content (AvgIpc) is 2.13. The summed E-state index contributed by atoms with van der Waals surface area (Å²) in [5, 5.41) is 20.1. The van der Waals surface area contributed by atoms with Crippen LogP contribution in [0.1, 0.15) is 26.7 Å². The van der Waals surface area contributed by atoms with Gasteiger partial charge >= 0.3 is 5.97 Å². The Morgan fingerprint density at radius 3 is 2.43 bits per heavy atom. The van der Waals surface area contributed by atoms with Crippen molar-refractivity contribution in [2.75, 3.05) is 6.54 Å².